The summed E-state index contributed by atoms with van der Waals surface area (Å²) in [6.07, 6.45) is 1.32. The van der Waals surface area contributed by atoms with Crippen molar-refractivity contribution in [2.75, 3.05) is 6.61 Å². The van der Waals surface area contributed by atoms with E-state index in [0.29, 0.717) is 18.6 Å². The van der Waals surface area contributed by atoms with Gasteiger partial charge in [0.2, 0.25) is 0 Å². The average molecular weight is 262 g/mol. The summed E-state index contributed by atoms with van der Waals surface area (Å²) >= 11 is 0. The van der Waals surface area contributed by atoms with E-state index < -0.39 is 11.6 Å². The van der Waals surface area contributed by atoms with E-state index in [2.05, 4.69) is 0 Å². The molecule has 0 saturated heterocycles. The molecule has 0 N–H and O–H groups in total. The minimum atomic E-state index is -0.487. The van der Waals surface area contributed by atoms with Crippen molar-refractivity contribution in [2.45, 2.75) is 19.8 Å². The molecule has 3 heteroatoms. The topological polar surface area (TPSA) is 9.23 Å². The normalized spacial score (nSPS) is 10.5. The Balaban J connectivity index is 1.83. The van der Waals surface area contributed by atoms with Gasteiger partial charge in [0.1, 0.15) is 17.4 Å². The van der Waals surface area contributed by atoms with Crippen molar-refractivity contribution in [3.05, 3.63) is 65.2 Å². The maximum atomic E-state index is 13.3. The molecular formula is C16H16F2O. The molecule has 100 valence electrons. The largest absolute Gasteiger partial charge is 0.494 e. The Kier molecular flexibility index (Phi) is 4.50. The van der Waals surface area contributed by atoms with Crippen molar-refractivity contribution in [2.24, 2.45) is 0 Å². The number of aryl methyl sites for hydroxylation is 1. The fourth-order valence-electron chi connectivity index (χ4n) is 1.83. The lowest BCUT2D eigenvalue weighted by Gasteiger charge is -2.07. The van der Waals surface area contributed by atoms with E-state index in [1.165, 1.54) is 19.1 Å². The van der Waals surface area contributed by atoms with Crippen molar-refractivity contribution >= 4 is 0 Å². The molecule has 2 rings (SSSR count). The van der Waals surface area contributed by atoms with Gasteiger partial charge in [0.05, 0.1) is 6.61 Å². The smallest absolute Gasteiger partial charge is 0.129 e. The molecule has 0 aliphatic carbocycles. The zero-order chi connectivity index (χ0) is 13.7. The molecule has 2 aromatic rings. The minimum absolute atomic E-state index is 0.0734. The van der Waals surface area contributed by atoms with Gasteiger partial charge in [-0.15, -0.1) is 0 Å². The SMILES string of the molecule is Cc1c(F)cc(CCCOc2ccccc2)cc1F. The van der Waals surface area contributed by atoms with E-state index in [1.807, 2.05) is 30.3 Å². The number of ether oxygens (including phenoxy) is 1. The number of rotatable bonds is 5. The Morgan fingerprint density at radius 2 is 1.63 bits per heavy atom. The molecule has 0 heterocycles. The van der Waals surface area contributed by atoms with Crippen molar-refractivity contribution < 1.29 is 13.5 Å². The maximum absolute atomic E-state index is 13.3. The van der Waals surface area contributed by atoms with E-state index >= 15 is 0 Å². The lowest BCUT2D eigenvalue weighted by molar-refractivity contribution is 0.311. The summed E-state index contributed by atoms with van der Waals surface area (Å²) in [7, 11) is 0. The van der Waals surface area contributed by atoms with Gasteiger partial charge in [0, 0.05) is 5.56 Å². The van der Waals surface area contributed by atoms with Crippen LogP contribution >= 0.6 is 0 Å². The Labute approximate surface area is 111 Å². The standard InChI is InChI=1S/C16H16F2O/c1-12-15(17)10-13(11-16(12)18)6-5-9-19-14-7-3-2-4-8-14/h2-4,7-8,10-11H,5-6,9H2,1H3. The molecular weight excluding hydrogens is 246 g/mol. The molecule has 0 unspecified atom stereocenters. The molecule has 2 aromatic carbocycles. The molecule has 0 spiro atoms. The lowest BCUT2D eigenvalue weighted by Crippen LogP contribution is -2.00. The second-order valence-electron chi connectivity index (χ2n) is 4.45. The van der Waals surface area contributed by atoms with E-state index in [0.717, 1.165) is 12.2 Å². The third kappa shape index (κ3) is 3.78. The molecule has 0 saturated carbocycles. The Hall–Kier alpha value is -1.90. The van der Waals surface area contributed by atoms with Crippen molar-refractivity contribution in [3.8, 4) is 5.75 Å². The van der Waals surface area contributed by atoms with Crippen molar-refractivity contribution in [3.63, 3.8) is 0 Å². The first kappa shape index (κ1) is 13.5. The van der Waals surface area contributed by atoms with Gasteiger partial charge in [-0.25, -0.2) is 8.78 Å². The van der Waals surface area contributed by atoms with E-state index in [4.69, 9.17) is 4.74 Å². The third-order valence-electron chi connectivity index (χ3n) is 2.96. The van der Waals surface area contributed by atoms with Gasteiger partial charge in [-0.2, -0.15) is 0 Å². The zero-order valence-corrected chi connectivity index (χ0v) is 10.8. The first-order valence-corrected chi connectivity index (χ1v) is 6.29. The number of hydrogen-bond acceptors (Lipinski definition) is 1. The molecule has 0 aromatic heterocycles. The summed E-state index contributed by atoms with van der Waals surface area (Å²) in [6, 6.07) is 12.3. The highest BCUT2D eigenvalue weighted by atomic mass is 19.1. The van der Waals surface area contributed by atoms with E-state index in [-0.39, 0.29) is 5.56 Å². The molecule has 0 amide bonds. The maximum Gasteiger partial charge on any atom is 0.129 e. The van der Waals surface area contributed by atoms with E-state index in [9.17, 15) is 8.78 Å². The number of para-hydroxylation sites is 1. The second kappa shape index (κ2) is 6.32. The fraction of sp³-hybridized carbons (Fsp3) is 0.250. The third-order valence-corrected chi connectivity index (χ3v) is 2.96. The minimum Gasteiger partial charge on any atom is -0.494 e. The van der Waals surface area contributed by atoms with Gasteiger partial charge in [-0.3, -0.25) is 0 Å². The Morgan fingerprint density at radius 1 is 1.00 bits per heavy atom. The summed E-state index contributed by atoms with van der Waals surface area (Å²) < 4.78 is 32.2. The van der Waals surface area contributed by atoms with Gasteiger partial charge < -0.3 is 4.74 Å². The molecule has 0 atom stereocenters. The lowest BCUT2D eigenvalue weighted by atomic mass is 10.1. The van der Waals surface area contributed by atoms with Crippen molar-refractivity contribution in [1.29, 1.82) is 0 Å². The van der Waals surface area contributed by atoms with Crippen LogP contribution in [0.1, 0.15) is 17.5 Å². The fourth-order valence-corrected chi connectivity index (χ4v) is 1.83. The van der Waals surface area contributed by atoms with Crippen LogP contribution in [0.2, 0.25) is 0 Å². The Morgan fingerprint density at radius 3 is 2.26 bits per heavy atom. The number of benzene rings is 2. The van der Waals surface area contributed by atoms with Crippen molar-refractivity contribution in [1.82, 2.24) is 0 Å². The summed E-state index contributed by atoms with van der Waals surface area (Å²) in [5, 5.41) is 0. The molecule has 0 aliphatic rings. The van der Waals surface area contributed by atoms with Crippen LogP contribution in [-0.2, 0) is 6.42 Å². The monoisotopic (exact) mass is 262 g/mol. The van der Waals surface area contributed by atoms with E-state index in [1.54, 1.807) is 0 Å². The number of halogens is 2. The second-order valence-corrected chi connectivity index (χ2v) is 4.45. The zero-order valence-electron chi connectivity index (χ0n) is 10.8. The first-order chi connectivity index (χ1) is 9.16. The molecule has 1 nitrogen and oxygen atoms in total. The van der Waals surface area contributed by atoms with Crippen LogP contribution in [0, 0.1) is 18.6 Å². The highest BCUT2D eigenvalue weighted by Crippen LogP contribution is 2.16. The summed E-state index contributed by atoms with van der Waals surface area (Å²) in [5.74, 6) is -0.165. The number of hydrogen-bond donors (Lipinski definition) is 0. The average Bonchev–Trinajstić information content (AvgIpc) is 2.42. The van der Waals surface area contributed by atoms with Gasteiger partial charge in [0.15, 0.2) is 0 Å². The summed E-state index contributed by atoms with van der Waals surface area (Å²) in [4.78, 5) is 0. The summed E-state index contributed by atoms with van der Waals surface area (Å²) in [5.41, 5.74) is 0.738. The van der Waals surface area contributed by atoms with Crippen LogP contribution in [0.4, 0.5) is 8.78 Å². The first-order valence-electron chi connectivity index (χ1n) is 6.29. The summed E-state index contributed by atoms with van der Waals surface area (Å²) in [6.45, 7) is 1.97. The predicted octanol–water partition coefficient (Wildman–Crippen LogP) is 4.28. The molecule has 0 radical (unpaired) electrons. The van der Waals surface area contributed by atoms with Gasteiger partial charge >= 0.3 is 0 Å². The van der Waals surface area contributed by atoms with Crippen LogP contribution in [0.15, 0.2) is 42.5 Å². The van der Waals surface area contributed by atoms with Crippen LogP contribution in [0.5, 0.6) is 5.75 Å². The van der Waals surface area contributed by atoms with Gasteiger partial charge in [-0.1, -0.05) is 18.2 Å². The molecule has 0 aliphatic heterocycles. The quantitative estimate of drug-likeness (QED) is 0.730. The van der Waals surface area contributed by atoms with Crippen LogP contribution in [0.25, 0.3) is 0 Å². The van der Waals surface area contributed by atoms with Gasteiger partial charge in [0.25, 0.3) is 0 Å². The Bertz CT molecular complexity index is 515. The molecule has 0 bridgehead atoms. The molecule has 19 heavy (non-hydrogen) atoms. The van der Waals surface area contributed by atoms with Crippen LogP contribution in [0.3, 0.4) is 0 Å². The van der Waals surface area contributed by atoms with Crippen LogP contribution in [-0.4, -0.2) is 6.61 Å². The van der Waals surface area contributed by atoms with Crippen LogP contribution < -0.4 is 4.74 Å². The molecule has 0 fully saturated rings. The highest BCUT2D eigenvalue weighted by Gasteiger charge is 2.06. The highest BCUT2D eigenvalue weighted by molar-refractivity contribution is 5.25. The predicted molar refractivity (Wildman–Crippen MR) is 71.4 cm³/mol. The van der Waals surface area contributed by atoms with Gasteiger partial charge in [-0.05, 0) is 49.6 Å².